The molecule has 0 saturated heterocycles. The number of benzene rings is 1. The average Bonchev–Trinajstić information content (AvgIpc) is 3.01. The molecule has 1 saturated carbocycles. The van der Waals surface area contributed by atoms with Gasteiger partial charge in [-0.1, -0.05) is 15.9 Å². The summed E-state index contributed by atoms with van der Waals surface area (Å²) in [6.45, 7) is 3.13. The highest BCUT2D eigenvalue weighted by molar-refractivity contribution is 9.10. The molecule has 1 heterocycles. The van der Waals surface area contributed by atoms with Crippen LogP contribution in [0, 0.1) is 6.92 Å². The van der Waals surface area contributed by atoms with Crippen molar-refractivity contribution >= 4 is 26.9 Å². The van der Waals surface area contributed by atoms with E-state index in [9.17, 15) is 0 Å². The van der Waals surface area contributed by atoms with E-state index in [4.69, 9.17) is 4.42 Å². The largest absolute Gasteiger partial charge is 0.464 e. The Morgan fingerprint density at radius 2 is 2.24 bits per heavy atom. The van der Waals surface area contributed by atoms with Crippen molar-refractivity contribution in [3.8, 4) is 0 Å². The minimum absolute atomic E-state index is 0.779. The SMILES string of the molecule is Cc1cc(Br)cc2c(CCNC3CC3)coc12. The van der Waals surface area contributed by atoms with E-state index in [0.29, 0.717) is 0 Å². The van der Waals surface area contributed by atoms with Crippen LogP contribution in [0.3, 0.4) is 0 Å². The highest BCUT2D eigenvalue weighted by Crippen LogP contribution is 2.28. The molecule has 3 heteroatoms. The van der Waals surface area contributed by atoms with Crippen molar-refractivity contribution in [2.75, 3.05) is 6.54 Å². The summed E-state index contributed by atoms with van der Waals surface area (Å²) in [4.78, 5) is 0. The number of nitrogens with one attached hydrogen (secondary N) is 1. The lowest BCUT2D eigenvalue weighted by Crippen LogP contribution is -2.19. The second-order valence-corrected chi connectivity index (χ2v) is 5.75. The number of rotatable bonds is 4. The molecule has 2 nitrogen and oxygen atoms in total. The van der Waals surface area contributed by atoms with Gasteiger partial charge in [-0.05, 0) is 56.0 Å². The van der Waals surface area contributed by atoms with Gasteiger partial charge in [0.1, 0.15) is 5.58 Å². The number of hydrogen-bond acceptors (Lipinski definition) is 2. The van der Waals surface area contributed by atoms with Gasteiger partial charge in [-0.15, -0.1) is 0 Å². The van der Waals surface area contributed by atoms with Crippen LogP contribution in [0.15, 0.2) is 27.3 Å². The van der Waals surface area contributed by atoms with Gasteiger partial charge in [0, 0.05) is 15.9 Å². The molecule has 2 aromatic rings. The van der Waals surface area contributed by atoms with Crippen molar-refractivity contribution in [2.45, 2.75) is 32.2 Å². The van der Waals surface area contributed by atoms with Crippen LogP contribution < -0.4 is 5.32 Å². The summed E-state index contributed by atoms with van der Waals surface area (Å²) in [7, 11) is 0. The summed E-state index contributed by atoms with van der Waals surface area (Å²) in [6.07, 6.45) is 5.63. The van der Waals surface area contributed by atoms with Gasteiger partial charge >= 0.3 is 0 Å². The van der Waals surface area contributed by atoms with Gasteiger partial charge in [-0.2, -0.15) is 0 Å². The second-order valence-electron chi connectivity index (χ2n) is 4.84. The number of hydrogen-bond donors (Lipinski definition) is 1. The third kappa shape index (κ3) is 2.40. The molecule has 0 aliphatic heterocycles. The van der Waals surface area contributed by atoms with Gasteiger partial charge < -0.3 is 9.73 Å². The van der Waals surface area contributed by atoms with Gasteiger partial charge in [0.25, 0.3) is 0 Å². The molecule has 0 unspecified atom stereocenters. The molecular formula is C14H16BrNO. The van der Waals surface area contributed by atoms with Gasteiger partial charge in [-0.3, -0.25) is 0 Å². The van der Waals surface area contributed by atoms with Crippen LogP contribution in [-0.2, 0) is 6.42 Å². The molecule has 0 spiro atoms. The van der Waals surface area contributed by atoms with E-state index in [-0.39, 0.29) is 0 Å². The zero-order valence-electron chi connectivity index (χ0n) is 9.92. The molecule has 1 aromatic heterocycles. The Bertz CT molecular complexity index is 542. The van der Waals surface area contributed by atoms with Crippen molar-refractivity contribution < 1.29 is 4.42 Å². The summed E-state index contributed by atoms with van der Waals surface area (Å²) in [5, 5.41) is 4.78. The van der Waals surface area contributed by atoms with E-state index in [1.54, 1.807) is 0 Å². The number of furan rings is 1. The molecule has 0 amide bonds. The quantitative estimate of drug-likeness (QED) is 0.928. The summed E-state index contributed by atoms with van der Waals surface area (Å²) < 4.78 is 6.78. The van der Waals surface area contributed by atoms with Crippen LogP contribution in [0.25, 0.3) is 11.0 Å². The average molecular weight is 294 g/mol. The normalized spacial score (nSPS) is 15.6. The molecule has 0 bridgehead atoms. The number of aryl methyl sites for hydroxylation is 1. The van der Waals surface area contributed by atoms with Crippen LogP contribution in [0.1, 0.15) is 24.0 Å². The first-order valence-corrected chi connectivity index (χ1v) is 6.93. The fourth-order valence-corrected chi connectivity index (χ4v) is 2.78. The van der Waals surface area contributed by atoms with Gasteiger partial charge in [0.2, 0.25) is 0 Å². The Hall–Kier alpha value is -0.800. The first-order chi connectivity index (χ1) is 8.24. The predicted octanol–water partition coefficient (Wildman–Crippen LogP) is 3.80. The summed E-state index contributed by atoms with van der Waals surface area (Å²) in [5.41, 5.74) is 3.52. The molecule has 0 radical (unpaired) electrons. The molecule has 1 aromatic carbocycles. The molecule has 17 heavy (non-hydrogen) atoms. The molecule has 0 atom stereocenters. The minimum atomic E-state index is 0.779. The maximum atomic E-state index is 5.66. The van der Waals surface area contributed by atoms with E-state index in [1.165, 1.54) is 29.4 Å². The predicted molar refractivity (Wildman–Crippen MR) is 73.4 cm³/mol. The zero-order chi connectivity index (χ0) is 11.8. The van der Waals surface area contributed by atoms with Crippen molar-refractivity contribution in [2.24, 2.45) is 0 Å². The van der Waals surface area contributed by atoms with Crippen molar-refractivity contribution in [3.63, 3.8) is 0 Å². The van der Waals surface area contributed by atoms with Gasteiger partial charge in [-0.25, -0.2) is 0 Å². The Balaban J connectivity index is 1.83. The van der Waals surface area contributed by atoms with E-state index in [1.807, 2.05) is 6.26 Å². The summed E-state index contributed by atoms with van der Waals surface area (Å²) in [6, 6.07) is 5.03. The molecule has 1 N–H and O–H groups in total. The smallest absolute Gasteiger partial charge is 0.137 e. The summed E-state index contributed by atoms with van der Waals surface area (Å²) in [5.74, 6) is 0. The second kappa shape index (κ2) is 4.46. The lowest BCUT2D eigenvalue weighted by Gasteiger charge is -2.02. The van der Waals surface area contributed by atoms with E-state index in [0.717, 1.165) is 29.1 Å². The fourth-order valence-electron chi connectivity index (χ4n) is 2.21. The van der Waals surface area contributed by atoms with E-state index >= 15 is 0 Å². The molecular weight excluding hydrogens is 278 g/mol. The monoisotopic (exact) mass is 293 g/mol. The Morgan fingerprint density at radius 3 is 3.00 bits per heavy atom. The Morgan fingerprint density at radius 1 is 1.41 bits per heavy atom. The molecule has 90 valence electrons. The Labute approximate surface area is 110 Å². The van der Waals surface area contributed by atoms with Crippen LogP contribution in [-0.4, -0.2) is 12.6 Å². The van der Waals surface area contributed by atoms with Gasteiger partial charge in [0.05, 0.1) is 6.26 Å². The standard InChI is InChI=1S/C14H16BrNO/c1-9-6-11(15)7-13-10(8-17-14(9)13)4-5-16-12-2-3-12/h6-8,12,16H,2-5H2,1H3. The first-order valence-electron chi connectivity index (χ1n) is 6.13. The lowest BCUT2D eigenvalue weighted by molar-refractivity contribution is 0.603. The number of fused-ring (bicyclic) bond motifs is 1. The topological polar surface area (TPSA) is 25.2 Å². The minimum Gasteiger partial charge on any atom is -0.464 e. The molecule has 1 aliphatic carbocycles. The molecule has 1 aliphatic rings. The van der Waals surface area contributed by atoms with Crippen LogP contribution in [0.4, 0.5) is 0 Å². The van der Waals surface area contributed by atoms with Crippen molar-refractivity contribution in [1.29, 1.82) is 0 Å². The Kier molecular flexibility index (Phi) is 2.97. The van der Waals surface area contributed by atoms with Crippen LogP contribution in [0.2, 0.25) is 0 Å². The number of halogens is 1. The van der Waals surface area contributed by atoms with Crippen LogP contribution >= 0.6 is 15.9 Å². The maximum Gasteiger partial charge on any atom is 0.137 e. The highest BCUT2D eigenvalue weighted by atomic mass is 79.9. The van der Waals surface area contributed by atoms with E-state index < -0.39 is 0 Å². The van der Waals surface area contributed by atoms with E-state index in [2.05, 4.69) is 40.3 Å². The van der Waals surface area contributed by atoms with Crippen molar-refractivity contribution in [3.05, 3.63) is 34.0 Å². The maximum absolute atomic E-state index is 5.66. The lowest BCUT2D eigenvalue weighted by atomic mass is 10.1. The third-order valence-corrected chi connectivity index (χ3v) is 3.77. The van der Waals surface area contributed by atoms with Crippen molar-refractivity contribution in [1.82, 2.24) is 5.32 Å². The van der Waals surface area contributed by atoms with Crippen LogP contribution in [0.5, 0.6) is 0 Å². The van der Waals surface area contributed by atoms with Gasteiger partial charge in [0.15, 0.2) is 0 Å². The third-order valence-electron chi connectivity index (χ3n) is 3.31. The zero-order valence-corrected chi connectivity index (χ0v) is 11.5. The molecule has 1 fully saturated rings. The highest BCUT2D eigenvalue weighted by Gasteiger charge is 2.20. The first kappa shape index (κ1) is 11.3. The molecule has 3 rings (SSSR count). The fraction of sp³-hybridized carbons (Fsp3) is 0.429. The summed E-state index contributed by atoms with van der Waals surface area (Å²) >= 11 is 3.55.